The number of likely N-dealkylation sites (tertiary alicyclic amines) is 1. The average molecular weight is 432 g/mol. The highest BCUT2D eigenvalue weighted by Crippen LogP contribution is 2.25. The zero-order chi connectivity index (χ0) is 15.8. The van der Waals surface area contributed by atoms with Gasteiger partial charge in [0.15, 0.2) is 5.96 Å². The summed E-state index contributed by atoms with van der Waals surface area (Å²) in [4.78, 5) is 7.06. The van der Waals surface area contributed by atoms with Crippen LogP contribution in [0.2, 0.25) is 0 Å². The van der Waals surface area contributed by atoms with Gasteiger partial charge in [0, 0.05) is 13.2 Å². The fourth-order valence-corrected chi connectivity index (χ4v) is 2.93. The Morgan fingerprint density at radius 1 is 1.30 bits per heavy atom. The fraction of sp³-hybridized carbons (Fsp3) is 0.588. The topological polar surface area (TPSA) is 62.9 Å². The van der Waals surface area contributed by atoms with E-state index in [1.54, 1.807) is 7.11 Å². The summed E-state index contributed by atoms with van der Waals surface area (Å²) in [7, 11) is 1.68. The Hall–Kier alpha value is -0.860. The van der Waals surface area contributed by atoms with E-state index in [9.17, 15) is 0 Å². The van der Waals surface area contributed by atoms with Crippen molar-refractivity contribution < 1.29 is 4.74 Å². The number of nitrogens with one attached hydrogen (secondary N) is 1. The van der Waals surface area contributed by atoms with Gasteiger partial charge in [-0.3, -0.25) is 9.89 Å². The van der Waals surface area contributed by atoms with E-state index in [-0.39, 0.29) is 30.0 Å². The number of nitrogens with zero attached hydrogens (tertiary/aromatic N) is 2. The highest BCUT2D eigenvalue weighted by molar-refractivity contribution is 14.0. The Kier molecular flexibility index (Phi) is 9.50. The highest BCUT2D eigenvalue weighted by Gasteiger charge is 2.23. The summed E-state index contributed by atoms with van der Waals surface area (Å²) < 4.78 is 5.10. The van der Waals surface area contributed by atoms with Gasteiger partial charge in [0.25, 0.3) is 0 Å². The van der Waals surface area contributed by atoms with Crippen LogP contribution >= 0.6 is 24.0 Å². The molecule has 0 amide bonds. The molecule has 1 aliphatic rings. The van der Waals surface area contributed by atoms with Gasteiger partial charge in [0.2, 0.25) is 0 Å². The number of hydrogen-bond donors (Lipinski definition) is 2. The molecule has 2 atom stereocenters. The van der Waals surface area contributed by atoms with Gasteiger partial charge in [-0.25, -0.2) is 0 Å². The predicted molar refractivity (Wildman–Crippen MR) is 106 cm³/mol. The molecule has 1 aromatic carbocycles. The molecule has 6 heteroatoms. The van der Waals surface area contributed by atoms with Crippen molar-refractivity contribution in [1.29, 1.82) is 0 Å². The molecule has 3 N–H and O–H groups in total. The molecule has 0 radical (unpaired) electrons. The average Bonchev–Trinajstić information content (AvgIpc) is 3.03. The van der Waals surface area contributed by atoms with Gasteiger partial charge in [-0.1, -0.05) is 30.3 Å². The van der Waals surface area contributed by atoms with Crippen molar-refractivity contribution >= 4 is 29.9 Å². The van der Waals surface area contributed by atoms with Crippen LogP contribution < -0.4 is 11.1 Å². The first kappa shape index (κ1) is 20.2. The minimum Gasteiger partial charge on any atom is -0.383 e. The highest BCUT2D eigenvalue weighted by atomic mass is 127. The third-order valence-corrected chi connectivity index (χ3v) is 4.01. The number of hydrogen-bond acceptors (Lipinski definition) is 3. The van der Waals surface area contributed by atoms with E-state index in [0.717, 1.165) is 13.1 Å². The van der Waals surface area contributed by atoms with Gasteiger partial charge in [-0.05, 0) is 38.4 Å². The van der Waals surface area contributed by atoms with Crippen molar-refractivity contribution in [2.75, 3.05) is 33.4 Å². The molecule has 0 saturated carbocycles. The number of methoxy groups -OCH3 is 1. The molecule has 0 bridgehead atoms. The third kappa shape index (κ3) is 6.64. The quantitative estimate of drug-likeness (QED) is 0.395. The lowest BCUT2D eigenvalue weighted by Gasteiger charge is -2.26. The molecular formula is C17H29IN4O. The molecule has 0 aromatic heterocycles. The SMILES string of the molecule is COCC(C)NC(N)=NCC(c1ccccc1)N1CCCC1.I. The zero-order valence-electron chi connectivity index (χ0n) is 14.1. The molecule has 1 fully saturated rings. The first-order valence-corrected chi connectivity index (χ1v) is 8.05. The smallest absolute Gasteiger partial charge is 0.188 e. The summed E-state index contributed by atoms with van der Waals surface area (Å²) in [5, 5.41) is 3.16. The molecule has 2 unspecified atom stereocenters. The largest absolute Gasteiger partial charge is 0.383 e. The molecule has 0 aliphatic carbocycles. The van der Waals surface area contributed by atoms with E-state index >= 15 is 0 Å². The van der Waals surface area contributed by atoms with Crippen LogP contribution in [0.25, 0.3) is 0 Å². The van der Waals surface area contributed by atoms with Crippen molar-refractivity contribution in [3.63, 3.8) is 0 Å². The zero-order valence-corrected chi connectivity index (χ0v) is 16.4. The molecule has 2 rings (SSSR count). The van der Waals surface area contributed by atoms with E-state index in [4.69, 9.17) is 10.5 Å². The number of rotatable bonds is 7. The molecular weight excluding hydrogens is 403 g/mol. The summed E-state index contributed by atoms with van der Waals surface area (Å²) in [6.45, 7) is 5.61. The molecule has 0 spiro atoms. The molecule has 1 heterocycles. The standard InChI is InChI=1S/C17H28N4O.HI/c1-14(13-22-2)20-17(18)19-12-16(21-10-6-7-11-21)15-8-4-3-5-9-15;/h3-5,8-9,14,16H,6-7,10-13H2,1-2H3,(H3,18,19,20);1H. The van der Waals surface area contributed by atoms with Crippen molar-refractivity contribution in [2.24, 2.45) is 10.7 Å². The molecule has 1 aliphatic heterocycles. The van der Waals surface area contributed by atoms with Crippen LogP contribution in [0.4, 0.5) is 0 Å². The lowest BCUT2D eigenvalue weighted by molar-refractivity contribution is 0.179. The summed E-state index contributed by atoms with van der Waals surface area (Å²) >= 11 is 0. The van der Waals surface area contributed by atoms with Crippen LogP contribution in [0.1, 0.15) is 31.4 Å². The number of benzene rings is 1. The van der Waals surface area contributed by atoms with Crippen LogP contribution in [0.15, 0.2) is 35.3 Å². The summed E-state index contributed by atoms with van der Waals surface area (Å²) in [6.07, 6.45) is 2.54. The number of aliphatic imine (C=N–C) groups is 1. The van der Waals surface area contributed by atoms with E-state index in [0.29, 0.717) is 25.2 Å². The first-order chi connectivity index (χ1) is 10.7. The number of ether oxygens (including phenoxy) is 1. The van der Waals surface area contributed by atoms with Gasteiger partial charge in [0.05, 0.1) is 19.2 Å². The minimum absolute atomic E-state index is 0. The molecule has 5 nitrogen and oxygen atoms in total. The molecule has 23 heavy (non-hydrogen) atoms. The summed E-state index contributed by atoms with van der Waals surface area (Å²) in [5.74, 6) is 0.490. The lowest BCUT2D eigenvalue weighted by atomic mass is 10.1. The van der Waals surface area contributed by atoms with Crippen molar-refractivity contribution in [3.05, 3.63) is 35.9 Å². The van der Waals surface area contributed by atoms with Crippen LogP contribution in [0, 0.1) is 0 Å². The van der Waals surface area contributed by atoms with Gasteiger partial charge < -0.3 is 15.8 Å². The monoisotopic (exact) mass is 432 g/mol. The third-order valence-electron chi connectivity index (χ3n) is 4.01. The number of nitrogens with two attached hydrogens (primary N) is 1. The number of guanidine groups is 1. The van der Waals surface area contributed by atoms with Crippen LogP contribution in [0.3, 0.4) is 0 Å². The summed E-state index contributed by atoms with van der Waals surface area (Å²) in [5.41, 5.74) is 7.31. The van der Waals surface area contributed by atoms with E-state index in [2.05, 4.69) is 45.5 Å². The van der Waals surface area contributed by atoms with Gasteiger partial charge in [0.1, 0.15) is 0 Å². The second-order valence-corrected chi connectivity index (χ2v) is 5.90. The second kappa shape index (κ2) is 10.8. The normalized spacial score (nSPS) is 18.3. The maximum Gasteiger partial charge on any atom is 0.188 e. The molecule has 1 aromatic rings. The number of halogens is 1. The van der Waals surface area contributed by atoms with E-state index < -0.39 is 0 Å². The van der Waals surface area contributed by atoms with Gasteiger partial charge >= 0.3 is 0 Å². The lowest BCUT2D eigenvalue weighted by Crippen LogP contribution is -2.41. The Balaban J connectivity index is 0.00000264. The van der Waals surface area contributed by atoms with Gasteiger partial charge in [-0.2, -0.15) is 0 Å². The maximum atomic E-state index is 5.99. The maximum absolute atomic E-state index is 5.99. The van der Waals surface area contributed by atoms with Gasteiger partial charge in [-0.15, -0.1) is 24.0 Å². The van der Waals surface area contributed by atoms with Crippen LogP contribution in [0.5, 0.6) is 0 Å². The summed E-state index contributed by atoms with van der Waals surface area (Å²) in [6, 6.07) is 11.0. The Morgan fingerprint density at radius 3 is 2.57 bits per heavy atom. The Labute approximate surface area is 156 Å². The van der Waals surface area contributed by atoms with Crippen molar-refractivity contribution in [3.8, 4) is 0 Å². The van der Waals surface area contributed by atoms with Crippen molar-refractivity contribution in [1.82, 2.24) is 10.2 Å². The van der Waals surface area contributed by atoms with Crippen LogP contribution in [-0.4, -0.2) is 50.3 Å². The van der Waals surface area contributed by atoms with E-state index in [1.165, 1.54) is 18.4 Å². The first-order valence-electron chi connectivity index (χ1n) is 8.05. The minimum atomic E-state index is 0. The fourth-order valence-electron chi connectivity index (χ4n) is 2.93. The van der Waals surface area contributed by atoms with Crippen molar-refractivity contribution in [2.45, 2.75) is 31.8 Å². The molecule has 130 valence electrons. The Bertz CT molecular complexity index is 463. The molecule has 1 saturated heterocycles. The van der Waals surface area contributed by atoms with Crippen LogP contribution in [-0.2, 0) is 4.74 Å². The second-order valence-electron chi connectivity index (χ2n) is 5.90. The predicted octanol–water partition coefficient (Wildman–Crippen LogP) is 2.38. The van der Waals surface area contributed by atoms with E-state index in [1.807, 2.05) is 6.92 Å². The Morgan fingerprint density at radius 2 is 1.96 bits per heavy atom.